The van der Waals surface area contributed by atoms with Gasteiger partial charge in [0, 0.05) is 36.7 Å². The van der Waals surface area contributed by atoms with Gasteiger partial charge >= 0.3 is 12.2 Å². The highest BCUT2D eigenvalue weighted by Crippen LogP contribution is 2.44. The van der Waals surface area contributed by atoms with Crippen LogP contribution in [0.2, 0.25) is 0 Å². The number of rotatable bonds is 7. The molecule has 2 amide bonds. The number of benzene rings is 2. The smallest absolute Gasteiger partial charge is 0.367 e. The van der Waals surface area contributed by atoms with Crippen LogP contribution < -0.4 is 15.5 Å². The Hall–Kier alpha value is -3.92. The number of aromatic nitrogens is 1. The molecule has 0 bridgehead atoms. The van der Waals surface area contributed by atoms with Gasteiger partial charge in [-0.3, -0.25) is 9.78 Å². The Kier molecular flexibility index (Phi) is 6.98. The third kappa shape index (κ3) is 4.90. The summed E-state index contributed by atoms with van der Waals surface area (Å²) in [6.07, 6.45) is -2.82. The molecule has 0 saturated carbocycles. The first kappa shape index (κ1) is 25.2. The number of ketones is 1. The first-order valence-electron chi connectivity index (χ1n) is 11.3. The average Bonchev–Trinajstić information content (AvgIpc) is 2.87. The third-order valence-corrected chi connectivity index (χ3v) is 6.25. The van der Waals surface area contributed by atoms with Crippen LogP contribution in [0.5, 0.6) is 0 Å². The summed E-state index contributed by atoms with van der Waals surface area (Å²) in [6, 6.07) is 16.4. The topological polar surface area (TPSA) is 94.6 Å². The van der Waals surface area contributed by atoms with Gasteiger partial charge in [-0.2, -0.15) is 13.2 Å². The van der Waals surface area contributed by atoms with Crippen molar-refractivity contribution in [2.45, 2.75) is 31.4 Å². The molecule has 0 spiro atoms. The maximum absolute atomic E-state index is 14.1. The van der Waals surface area contributed by atoms with Crippen molar-refractivity contribution in [1.82, 2.24) is 15.6 Å². The predicted molar refractivity (Wildman–Crippen MR) is 127 cm³/mol. The van der Waals surface area contributed by atoms with Crippen LogP contribution in [-0.4, -0.2) is 40.4 Å². The van der Waals surface area contributed by atoms with Crippen LogP contribution in [0.4, 0.5) is 23.7 Å². The molecule has 36 heavy (non-hydrogen) atoms. The summed E-state index contributed by atoms with van der Waals surface area (Å²) < 4.78 is 42.2. The Morgan fingerprint density at radius 1 is 1.08 bits per heavy atom. The average molecular weight is 499 g/mol. The molecule has 0 unspecified atom stereocenters. The Morgan fingerprint density at radius 2 is 1.78 bits per heavy atom. The van der Waals surface area contributed by atoms with Crippen molar-refractivity contribution < 1.29 is 27.9 Å². The van der Waals surface area contributed by atoms with Crippen LogP contribution in [0.1, 0.15) is 34.5 Å². The second-order valence-electron chi connectivity index (χ2n) is 8.52. The highest BCUT2D eigenvalue weighted by molar-refractivity contribution is 6.00. The molecule has 10 heteroatoms. The second kappa shape index (κ2) is 9.98. The Bertz CT molecular complexity index is 1210. The third-order valence-electron chi connectivity index (χ3n) is 6.25. The number of carbonyl (C=O) groups is 2. The van der Waals surface area contributed by atoms with E-state index in [1.54, 1.807) is 24.3 Å². The Labute approximate surface area is 206 Å². The van der Waals surface area contributed by atoms with Crippen molar-refractivity contribution in [3.63, 3.8) is 0 Å². The maximum Gasteiger partial charge on any atom is 0.437 e. The van der Waals surface area contributed by atoms with Gasteiger partial charge in [0.2, 0.25) is 5.72 Å². The minimum Gasteiger partial charge on any atom is -0.367 e. The zero-order valence-corrected chi connectivity index (χ0v) is 19.4. The van der Waals surface area contributed by atoms with Gasteiger partial charge in [-0.05, 0) is 42.3 Å². The number of pyridine rings is 1. The minimum atomic E-state index is -5.32. The molecule has 3 aromatic rings. The number of Topliss-reactive ketones (excluding diaryl/α,β-unsaturated/α-hetero) is 1. The van der Waals surface area contributed by atoms with Gasteiger partial charge in [-0.25, -0.2) is 4.79 Å². The van der Waals surface area contributed by atoms with Crippen molar-refractivity contribution in [2.75, 3.05) is 11.4 Å². The standard InChI is InChI=1S/C26H25F3N4O3/c1-2-33(16-17-7-4-3-5-8-17)20-12-10-18(11-13-20)22-21(23(34)19-9-6-14-30-15-19)25(36,26(27,28)29)32-24(35)31-22/h3-15,21-22,36H,2,16H2,1H3,(H2,31,32,35)/t21-,22-,25+/m1/s1. The molecule has 1 fully saturated rings. The van der Waals surface area contributed by atoms with E-state index >= 15 is 0 Å². The van der Waals surface area contributed by atoms with Crippen LogP contribution in [-0.2, 0) is 6.54 Å². The molecule has 1 saturated heterocycles. The lowest BCUT2D eigenvalue weighted by atomic mass is 9.77. The summed E-state index contributed by atoms with van der Waals surface area (Å²) >= 11 is 0. The van der Waals surface area contributed by atoms with E-state index in [2.05, 4.69) is 15.2 Å². The van der Waals surface area contributed by atoms with E-state index in [9.17, 15) is 27.9 Å². The number of hydrogen-bond donors (Lipinski definition) is 3. The summed E-state index contributed by atoms with van der Waals surface area (Å²) in [4.78, 5) is 31.4. The van der Waals surface area contributed by atoms with E-state index in [1.807, 2.05) is 37.3 Å². The molecular weight excluding hydrogens is 473 g/mol. The summed E-state index contributed by atoms with van der Waals surface area (Å²) in [6.45, 7) is 3.28. The van der Waals surface area contributed by atoms with E-state index in [0.717, 1.165) is 17.4 Å². The number of nitrogens with one attached hydrogen (secondary N) is 2. The Balaban J connectivity index is 1.70. The van der Waals surface area contributed by atoms with Crippen molar-refractivity contribution >= 4 is 17.5 Å². The van der Waals surface area contributed by atoms with Gasteiger partial charge in [-0.15, -0.1) is 0 Å². The van der Waals surface area contributed by atoms with E-state index in [-0.39, 0.29) is 11.1 Å². The quantitative estimate of drug-likeness (QED) is 0.425. The number of carbonyl (C=O) groups excluding carboxylic acids is 2. The van der Waals surface area contributed by atoms with Gasteiger partial charge < -0.3 is 20.6 Å². The first-order valence-corrected chi connectivity index (χ1v) is 11.3. The molecule has 0 radical (unpaired) electrons. The SMILES string of the molecule is CCN(Cc1ccccc1)c1ccc([C@H]2NC(=O)N[C@@](O)(C(F)(F)F)[C@H]2C(=O)c2cccnc2)cc1. The predicted octanol–water partition coefficient (Wildman–Crippen LogP) is 4.21. The first-order chi connectivity index (χ1) is 17.1. The monoisotopic (exact) mass is 498 g/mol. The molecule has 1 aliphatic rings. The molecule has 3 atom stereocenters. The highest BCUT2D eigenvalue weighted by Gasteiger charge is 2.66. The fraction of sp³-hybridized carbons (Fsp3) is 0.269. The fourth-order valence-corrected chi connectivity index (χ4v) is 4.39. The largest absolute Gasteiger partial charge is 0.437 e. The zero-order chi connectivity index (χ0) is 25.9. The number of hydrogen-bond acceptors (Lipinski definition) is 5. The van der Waals surface area contributed by atoms with E-state index < -0.39 is 35.7 Å². The number of anilines is 1. The van der Waals surface area contributed by atoms with Crippen molar-refractivity contribution in [1.29, 1.82) is 0 Å². The van der Waals surface area contributed by atoms with Crippen molar-refractivity contribution in [2.24, 2.45) is 5.92 Å². The lowest BCUT2D eigenvalue weighted by Gasteiger charge is -2.45. The molecule has 7 nitrogen and oxygen atoms in total. The van der Waals surface area contributed by atoms with E-state index in [1.165, 1.54) is 23.6 Å². The molecule has 3 N–H and O–H groups in total. The lowest BCUT2D eigenvalue weighted by molar-refractivity contribution is -0.287. The molecule has 2 heterocycles. The second-order valence-corrected chi connectivity index (χ2v) is 8.52. The molecular formula is C26H25F3N4O3. The maximum atomic E-state index is 14.1. The summed E-state index contributed by atoms with van der Waals surface area (Å²) in [5, 5.41) is 14.6. The normalized spacial score (nSPS) is 21.9. The van der Waals surface area contributed by atoms with Crippen LogP contribution in [0.3, 0.4) is 0 Å². The fourth-order valence-electron chi connectivity index (χ4n) is 4.39. The van der Waals surface area contributed by atoms with Gasteiger partial charge in [0.25, 0.3) is 0 Å². The molecule has 1 aromatic heterocycles. The van der Waals surface area contributed by atoms with Gasteiger partial charge in [0.15, 0.2) is 5.78 Å². The number of urea groups is 1. The minimum absolute atomic E-state index is 0.121. The van der Waals surface area contributed by atoms with Crippen LogP contribution in [0.25, 0.3) is 0 Å². The number of nitrogens with zero attached hydrogens (tertiary/aromatic N) is 2. The molecule has 0 aliphatic carbocycles. The number of aliphatic hydroxyl groups is 1. The molecule has 188 valence electrons. The van der Waals surface area contributed by atoms with Gasteiger partial charge in [0.1, 0.15) is 5.92 Å². The number of halogens is 3. The lowest BCUT2D eigenvalue weighted by Crippen LogP contribution is -2.72. The van der Waals surface area contributed by atoms with Gasteiger partial charge in [0.05, 0.1) is 6.04 Å². The number of amides is 2. The van der Waals surface area contributed by atoms with Gasteiger partial charge in [-0.1, -0.05) is 42.5 Å². The van der Waals surface area contributed by atoms with Crippen LogP contribution in [0.15, 0.2) is 79.1 Å². The number of alkyl halides is 3. The van der Waals surface area contributed by atoms with E-state index in [0.29, 0.717) is 13.1 Å². The van der Waals surface area contributed by atoms with Crippen molar-refractivity contribution in [3.8, 4) is 0 Å². The van der Waals surface area contributed by atoms with E-state index in [4.69, 9.17) is 0 Å². The summed E-state index contributed by atoms with van der Waals surface area (Å²) in [5.41, 5.74) is -1.76. The van der Waals surface area contributed by atoms with Crippen molar-refractivity contribution in [3.05, 3.63) is 95.8 Å². The molecule has 1 aliphatic heterocycles. The molecule has 2 aromatic carbocycles. The Morgan fingerprint density at radius 3 is 2.36 bits per heavy atom. The summed E-state index contributed by atoms with van der Waals surface area (Å²) in [7, 11) is 0. The molecule has 4 rings (SSSR count). The zero-order valence-electron chi connectivity index (χ0n) is 19.4. The van der Waals surface area contributed by atoms with Crippen LogP contribution >= 0.6 is 0 Å². The summed E-state index contributed by atoms with van der Waals surface area (Å²) in [5.74, 6) is -3.11. The highest BCUT2D eigenvalue weighted by atomic mass is 19.4. The van der Waals surface area contributed by atoms with Crippen LogP contribution in [0, 0.1) is 5.92 Å².